The van der Waals surface area contributed by atoms with Gasteiger partial charge in [-0.15, -0.1) is 11.8 Å². The molecule has 0 amide bonds. The molecule has 1 aliphatic rings. The molecular formula is C6H12S2. The first-order valence-electron chi connectivity index (χ1n) is 3.01. The van der Waals surface area contributed by atoms with Crippen LogP contribution in [0.5, 0.6) is 0 Å². The van der Waals surface area contributed by atoms with Gasteiger partial charge in [-0.1, -0.05) is 13.8 Å². The fourth-order valence-corrected chi connectivity index (χ4v) is 2.76. The summed E-state index contributed by atoms with van der Waals surface area (Å²) in [6.45, 7) is 4.58. The molecule has 0 N–H and O–H groups in total. The zero-order valence-corrected chi connectivity index (χ0v) is 7.01. The molecular weight excluding hydrogens is 136 g/mol. The van der Waals surface area contributed by atoms with E-state index in [4.69, 9.17) is 0 Å². The molecule has 2 heteroatoms. The quantitative estimate of drug-likeness (QED) is 0.514. The average molecular weight is 148 g/mol. The Morgan fingerprint density at radius 3 is 2.25 bits per heavy atom. The number of hydrogen-bond donors (Lipinski definition) is 1. The average Bonchev–Trinajstić information content (AvgIpc) is 1.98. The Kier molecular flexibility index (Phi) is 2.15. The van der Waals surface area contributed by atoms with E-state index in [-0.39, 0.29) is 0 Å². The molecule has 1 aliphatic heterocycles. The predicted molar refractivity (Wildman–Crippen MR) is 43.6 cm³/mol. The Labute approximate surface area is 60.8 Å². The zero-order valence-electron chi connectivity index (χ0n) is 5.29. The molecule has 0 aromatic carbocycles. The van der Waals surface area contributed by atoms with Crippen LogP contribution in [0.1, 0.15) is 13.8 Å². The molecule has 1 saturated heterocycles. The van der Waals surface area contributed by atoms with E-state index in [2.05, 4.69) is 26.5 Å². The molecule has 2 unspecified atom stereocenters. The first-order chi connectivity index (χ1) is 3.72. The molecule has 0 radical (unpaired) electrons. The van der Waals surface area contributed by atoms with Crippen LogP contribution < -0.4 is 0 Å². The normalized spacial score (nSPS) is 47.6. The largest absolute Gasteiger partial charge is 0.165 e. The van der Waals surface area contributed by atoms with Gasteiger partial charge in [0.25, 0.3) is 0 Å². The highest BCUT2D eigenvalue weighted by molar-refractivity contribution is 8.10. The standard InChI is InChI=1S/C6H12S2/c1-4-3-8-6(7)5(4)2/h4-7H,3H2,1-2H3/t4-,5?,6?/m1/s1. The molecule has 1 rings (SSSR count). The maximum Gasteiger partial charge on any atom is 0.0500 e. The first-order valence-corrected chi connectivity index (χ1v) is 4.58. The lowest BCUT2D eigenvalue weighted by atomic mass is 10.0. The third-order valence-electron chi connectivity index (χ3n) is 1.88. The van der Waals surface area contributed by atoms with Crippen molar-refractivity contribution in [2.24, 2.45) is 11.8 Å². The molecule has 0 bridgehead atoms. The number of thiol groups is 1. The van der Waals surface area contributed by atoms with Crippen LogP contribution in [-0.2, 0) is 0 Å². The maximum atomic E-state index is 4.41. The van der Waals surface area contributed by atoms with Gasteiger partial charge in [0.1, 0.15) is 0 Å². The fourth-order valence-electron chi connectivity index (χ4n) is 0.835. The summed E-state index contributed by atoms with van der Waals surface area (Å²) < 4.78 is 0.602. The Morgan fingerprint density at radius 1 is 1.50 bits per heavy atom. The van der Waals surface area contributed by atoms with Crippen molar-refractivity contribution in [3.8, 4) is 0 Å². The second-order valence-electron chi connectivity index (χ2n) is 2.56. The van der Waals surface area contributed by atoms with Crippen molar-refractivity contribution >= 4 is 24.4 Å². The maximum absolute atomic E-state index is 4.41. The molecule has 0 aromatic rings. The van der Waals surface area contributed by atoms with Gasteiger partial charge in [-0.2, -0.15) is 12.6 Å². The lowest BCUT2D eigenvalue weighted by Crippen LogP contribution is -2.07. The van der Waals surface area contributed by atoms with Gasteiger partial charge in [0.2, 0.25) is 0 Å². The minimum atomic E-state index is 0.602. The van der Waals surface area contributed by atoms with Gasteiger partial charge in [-0.3, -0.25) is 0 Å². The summed E-state index contributed by atoms with van der Waals surface area (Å²) in [6, 6.07) is 0. The Balaban J connectivity index is 2.44. The van der Waals surface area contributed by atoms with Crippen molar-refractivity contribution < 1.29 is 0 Å². The Morgan fingerprint density at radius 2 is 2.12 bits per heavy atom. The van der Waals surface area contributed by atoms with E-state index in [1.807, 2.05) is 11.8 Å². The third-order valence-corrected chi connectivity index (χ3v) is 4.28. The minimum Gasteiger partial charge on any atom is -0.165 e. The lowest BCUT2D eigenvalue weighted by Gasteiger charge is -2.09. The van der Waals surface area contributed by atoms with Crippen LogP contribution in [0.15, 0.2) is 0 Å². The SMILES string of the molecule is CC1C(S)SC[C@H]1C. The van der Waals surface area contributed by atoms with Gasteiger partial charge in [0.05, 0.1) is 4.58 Å². The molecule has 3 atom stereocenters. The fraction of sp³-hybridized carbons (Fsp3) is 1.00. The van der Waals surface area contributed by atoms with Gasteiger partial charge < -0.3 is 0 Å². The molecule has 0 aliphatic carbocycles. The summed E-state index contributed by atoms with van der Waals surface area (Å²) in [5, 5.41) is 0. The van der Waals surface area contributed by atoms with Crippen LogP contribution >= 0.6 is 24.4 Å². The van der Waals surface area contributed by atoms with Crippen LogP contribution in [0.4, 0.5) is 0 Å². The molecule has 48 valence electrons. The Hall–Kier alpha value is 0.700. The molecule has 0 nitrogen and oxygen atoms in total. The summed E-state index contributed by atoms with van der Waals surface area (Å²) in [7, 11) is 0. The van der Waals surface area contributed by atoms with Gasteiger partial charge in [0.15, 0.2) is 0 Å². The van der Waals surface area contributed by atoms with E-state index in [1.165, 1.54) is 5.75 Å². The molecule has 1 heterocycles. The topological polar surface area (TPSA) is 0 Å². The van der Waals surface area contributed by atoms with Gasteiger partial charge in [-0.05, 0) is 17.6 Å². The van der Waals surface area contributed by atoms with Crippen molar-refractivity contribution in [3.63, 3.8) is 0 Å². The van der Waals surface area contributed by atoms with Crippen LogP contribution in [-0.4, -0.2) is 10.3 Å². The van der Waals surface area contributed by atoms with Gasteiger partial charge >= 0.3 is 0 Å². The van der Waals surface area contributed by atoms with E-state index >= 15 is 0 Å². The molecule has 0 saturated carbocycles. The van der Waals surface area contributed by atoms with E-state index in [1.54, 1.807) is 0 Å². The summed E-state index contributed by atoms with van der Waals surface area (Å²) in [5.74, 6) is 2.99. The third kappa shape index (κ3) is 1.16. The summed E-state index contributed by atoms with van der Waals surface area (Å²) in [4.78, 5) is 0. The first kappa shape index (κ1) is 6.81. The van der Waals surface area contributed by atoms with E-state index in [0.29, 0.717) is 4.58 Å². The second kappa shape index (κ2) is 2.53. The number of hydrogen-bond acceptors (Lipinski definition) is 2. The monoisotopic (exact) mass is 148 g/mol. The summed E-state index contributed by atoms with van der Waals surface area (Å²) in [6.07, 6.45) is 0. The smallest absolute Gasteiger partial charge is 0.0500 e. The second-order valence-corrected chi connectivity index (χ2v) is 4.64. The minimum absolute atomic E-state index is 0.602. The van der Waals surface area contributed by atoms with Crippen LogP contribution in [0.2, 0.25) is 0 Å². The van der Waals surface area contributed by atoms with Gasteiger partial charge in [0, 0.05) is 0 Å². The van der Waals surface area contributed by atoms with Gasteiger partial charge in [-0.25, -0.2) is 0 Å². The highest BCUT2D eigenvalue weighted by Crippen LogP contribution is 2.38. The molecule has 8 heavy (non-hydrogen) atoms. The number of rotatable bonds is 0. The number of thioether (sulfide) groups is 1. The van der Waals surface area contributed by atoms with E-state index in [9.17, 15) is 0 Å². The Bertz CT molecular complexity index is 72.6. The van der Waals surface area contributed by atoms with E-state index < -0.39 is 0 Å². The van der Waals surface area contributed by atoms with Crippen molar-refractivity contribution in [1.82, 2.24) is 0 Å². The highest BCUT2D eigenvalue weighted by atomic mass is 32.2. The van der Waals surface area contributed by atoms with Crippen molar-refractivity contribution in [1.29, 1.82) is 0 Å². The van der Waals surface area contributed by atoms with E-state index in [0.717, 1.165) is 11.8 Å². The predicted octanol–water partition coefficient (Wildman–Crippen LogP) is 2.26. The highest BCUT2D eigenvalue weighted by Gasteiger charge is 2.27. The summed E-state index contributed by atoms with van der Waals surface area (Å²) >= 11 is 6.39. The zero-order chi connectivity index (χ0) is 6.15. The van der Waals surface area contributed by atoms with Crippen molar-refractivity contribution in [2.75, 3.05) is 5.75 Å². The molecule has 1 fully saturated rings. The van der Waals surface area contributed by atoms with Crippen LogP contribution in [0.3, 0.4) is 0 Å². The van der Waals surface area contributed by atoms with Crippen LogP contribution in [0.25, 0.3) is 0 Å². The van der Waals surface area contributed by atoms with Crippen molar-refractivity contribution in [2.45, 2.75) is 18.4 Å². The van der Waals surface area contributed by atoms with Crippen molar-refractivity contribution in [3.05, 3.63) is 0 Å². The summed E-state index contributed by atoms with van der Waals surface area (Å²) in [5.41, 5.74) is 0. The molecule has 0 aromatic heterocycles. The lowest BCUT2D eigenvalue weighted by molar-refractivity contribution is 0.482. The molecule has 0 spiro atoms. The van der Waals surface area contributed by atoms with Crippen LogP contribution in [0, 0.1) is 11.8 Å².